The first-order valence-electron chi connectivity index (χ1n) is 8.98. The number of rotatable bonds is 6. The van der Waals surface area contributed by atoms with Crippen molar-refractivity contribution in [2.45, 2.75) is 20.2 Å². The number of ether oxygens (including phenoxy) is 2. The second kappa shape index (κ2) is 8.10. The van der Waals surface area contributed by atoms with E-state index in [2.05, 4.69) is 4.74 Å². The predicted octanol–water partition coefficient (Wildman–Crippen LogP) is 4.46. The Bertz CT molecular complexity index is 979. The molecule has 0 bridgehead atoms. The monoisotopic (exact) mass is 421 g/mol. The van der Waals surface area contributed by atoms with Crippen LogP contribution in [0.1, 0.15) is 19.4 Å². The van der Waals surface area contributed by atoms with Crippen LogP contribution in [0.3, 0.4) is 0 Å². The number of amides is 2. The summed E-state index contributed by atoms with van der Waals surface area (Å²) in [5.41, 5.74) is 0.103. The minimum absolute atomic E-state index is 0.00189. The third kappa shape index (κ3) is 4.56. The van der Waals surface area contributed by atoms with Gasteiger partial charge < -0.3 is 14.6 Å². The lowest BCUT2D eigenvalue weighted by atomic mass is 10.1. The largest absolute Gasteiger partial charge is 0.573 e. The molecule has 0 aromatic heterocycles. The maximum atomic E-state index is 12.8. The number of imide groups is 1. The summed E-state index contributed by atoms with van der Waals surface area (Å²) in [6.07, 6.45) is -4.86. The van der Waals surface area contributed by atoms with Gasteiger partial charge in [-0.05, 0) is 47.9 Å². The van der Waals surface area contributed by atoms with Gasteiger partial charge in [0.2, 0.25) is 0 Å². The molecule has 0 aliphatic carbocycles. The third-order valence-electron chi connectivity index (χ3n) is 4.11. The molecule has 0 saturated heterocycles. The fourth-order valence-corrected chi connectivity index (χ4v) is 2.79. The van der Waals surface area contributed by atoms with E-state index in [1.54, 1.807) is 12.1 Å². The number of benzene rings is 2. The number of aliphatic hydroxyl groups excluding tert-OH is 1. The molecule has 1 aliphatic heterocycles. The Morgan fingerprint density at radius 1 is 0.933 bits per heavy atom. The molecule has 0 atom stereocenters. The molecule has 0 fully saturated rings. The second-order valence-corrected chi connectivity index (χ2v) is 6.94. The molecule has 30 heavy (non-hydrogen) atoms. The molecule has 1 heterocycles. The van der Waals surface area contributed by atoms with E-state index in [0.717, 1.165) is 24.3 Å². The molecule has 0 radical (unpaired) electrons. The van der Waals surface area contributed by atoms with Gasteiger partial charge in [-0.3, -0.25) is 9.59 Å². The number of hydrogen-bond acceptors (Lipinski definition) is 5. The number of nitrogens with zero attached hydrogens (tertiary/aromatic N) is 1. The molecule has 2 aromatic rings. The fraction of sp³-hybridized carbons (Fsp3) is 0.238. The van der Waals surface area contributed by atoms with Crippen LogP contribution in [0.5, 0.6) is 11.5 Å². The van der Waals surface area contributed by atoms with Crippen molar-refractivity contribution in [3.05, 3.63) is 59.9 Å². The Hall–Kier alpha value is -3.49. The average Bonchev–Trinajstić information content (AvgIpc) is 2.89. The first kappa shape index (κ1) is 21.2. The van der Waals surface area contributed by atoms with E-state index in [9.17, 15) is 27.9 Å². The summed E-state index contributed by atoms with van der Waals surface area (Å²) in [5.74, 6) is -2.11. The lowest BCUT2D eigenvalue weighted by Gasteiger charge is -2.15. The highest BCUT2D eigenvalue weighted by Gasteiger charge is 2.40. The molecule has 1 N–H and O–H groups in total. The maximum Gasteiger partial charge on any atom is 0.573 e. The zero-order valence-electron chi connectivity index (χ0n) is 16.1. The second-order valence-electron chi connectivity index (χ2n) is 6.94. The molecule has 2 aromatic carbocycles. The number of carbonyl (C=O) groups excluding carboxylic acids is 2. The molecule has 158 valence electrons. The zero-order chi connectivity index (χ0) is 22.1. The molecule has 0 unspecified atom stereocenters. The smallest absolute Gasteiger partial charge is 0.502 e. The van der Waals surface area contributed by atoms with Crippen LogP contribution in [0.4, 0.5) is 18.9 Å². The van der Waals surface area contributed by atoms with Crippen molar-refractivity contribution < 1.29 is 37.3 Å². The van der Waals surface area contributed by atoms with E-state index in [1.165, 1.54) is 12.1 Å². The van der Waals surface area contributed by atoms with Crippen LogP contribution in [0.15, 0.2) is 54.3 Å². The van der Waals surface area contributed by atoms with Gasteiger partial charge in [-0.15, -0.1) is 13.2 Å². The first-order valence-corrected chi connectivity index (χ1v) is 8.98. The topological polar surface area (TPSA) is 76.1 Å². The van der Waals surface area contributed by atoms with Gasteiger partial charge in [0, 0.05) is 0 Å². The standard InChI is InChI=1S/C21H18F3NO5/c1-12(2)11-29-15-7-3-13(4-8-15)17-18(26)20(28)25(19(17)27)14-5-9-16(10-6-14)30-21(22,23)24/h3-10,12,26H,11H2,1-2H3. The summed E-state index contributed by atoms with van der Waals surface area (Å²) in [7, 11) is 0. The van der Waals surface area contributed by atoms with Gasteiger partial charge in [-0.2, -0.15) is 0 Å². The van der Waals surface area contributed by atoms with Crippen LogP contribution in [-0.4, -0.2) is 29.9 Å². The van der Waals surface area contributed by atoms with Crippen LogP contribution in [0.25, 0.3) is 5.57 Å². The Kier molecular flexibility index (Phi) is 5.73. The van der Waals surface area contributed by atoms with Crippen molar-refractivity contribution in [2.75, 3.05) is 11.5 Å². The molecule has 1 aliphatic rings. The summed E-state index contributed by atoms with van der Waals surface area (Å²) >= 11 is 0. The number of alkyl halides is 3. The SMILES string of the molecule is CC(C)COc1ccc(C2=C(O)C(=O)N(c3ccc(OC(F)(F)F)cc3)C2=O)cc1. The summed E-state index contributed by atoms with van der Waals surface area (Å²) in [4.78, 5) is 25.9. The van der Waals surface area contributed by atoms with Gasteiger partial charge >= 0.3 is 12.3 Å². The van der Waals surface area contributed by atoms with Crippen molar-refractivity contribution in [3.8, 4) is 11.5 Å². The molecular weight excluding hydrogens is 403 g/mol. The summed E-state index contributed by atoms with van der Waals surface area (Å²) in [6.45, 7) is 4.50. The van der Waals surface area contributed by atoms with Gasteiger partial charge in [0.25, 0.3) is 5.91 Å². The highest BCUT2D eigenvalue weighted by Crippen LogP contribution is 2.34. The lowest BCUT2D eigenvalue weighted by molar-refractivity contribution is -0.274. The summed E-state index contributed by atoms with van der Waals surface area (Å²) in [5, 5.41) is 10.2. The summed E-state index contributed by atoms with van der Waals surface area (Å²) < 4.78 is 46.2. The lowest BCUT2D eigenvalue weighted by Crippen LogP contribution is -2.31. The van der Waals surface area contributed by atoms with Gasteiger partial charge in [0.15, 0.2) is 5.76 Å². The highest BCUT2D eigenvalue weighted by atomic mass is 19.4. The minimum atomic E-state index is -4.86. The van der Waals surface area contributed by atoms with Crippen molar-refractivity contribution >= 4 is 23.1 Å². The van der Waals surface area contributed by atoms with Crippen LogP contribution in [0.2, 0.25) is 0 Å². The van der Waals surface area contributed by atoms with Crippen molar-refractivity contribution in [1.29, 1.82) is 0 Å². The minimum Gasteiger partial charge on any atom is -0.502 e. The number of aliphatic hydroxyl groups is 1. The van der Waals surface area contributed by atoms with Crippen LogP contribution >= 0.6 is 0 Å². The molecule has 9 heteroatoms. The molecular formula is C21H18F3NO5. The zero-order valence-corrected chi connectivity index (χ0v) is 16.1. The Morgan fingerprint density at radius 2 is 1.50 bits per heavy atom. The van der Waals surface area contributed by atoms with E-state index in [1.807, 2.05) is 13.8 Å². The van der Waals surface area contributed by atoms with Crippen LogP contribution in [0, 0.1) is 5.92 Å². The van der Waals surface area contributed by atoms with Crippen molar-refractivity contribution in [3.63, 3.8) is 0 Å². The third-order valence-corrected chi connectivity index (χ3v) is 4.11. The van der Waals surface area contributed by atoms with Crippen molar-refractivity contribution in [2.24, 2.45) is 5.92 Å². The highest BCUT2D eigenvalue weighted by molar-refractivity contribution is 6.44. The molecule has 0 spiro atoms. The van der Waals surface area contributed by atoms with Crippen molar-refractivity contribution in [1.82, 2.24) is 0 Å². The molecule has 0 saturated carbocycles. The Balaban J connectivity index is 1.81. The molecule has 2 amide bonds. The van der Waals surface area contributed by atoms with E-state index in [0.29, 0.717) is 28.7 Å². The normalized spacial score (nSPS) is 14.7. The Morgan fingerprint density at radius 3 is 2.03 bits per heavy atom. The summed E-state index contributed by atoms with van der Waals surface area (Å²) in [6, 6.07) is 10.5. The van der Waals surface area contributed by atoms with Crippen LogP contribution in [-0.2, 0) is 9.59 Å². The molecule has 3 rings (SSSR count). The average molecular weight is 421 g/mol. The number of halogens is 3. The number of anilines is 1. The first-order chi connectivity index (χ1) is 14.1. The fourth-order valence-electron chi connectivity index (χ4n) is 2.79. The van der Waals surface area contributed by atoms with Crippen LogP contribution < -0.4 is 14.4 Å². The Labute approximate surface area is 170 Å². The van der Waals surface area contributed by atoms with Gasteiger partial charge in [-0.1, -0.05) is 26.0 Å². The quantitative estimate of drug-likeness (QED) is 0.697. The van der Waals surface area contributed by atoms with E-state index < -0.39 is 29.7 Å². The number of hydrogen-bond donors (Lipinski definition) is 1. The molecule has 6 nitrogen and oxygen atoms in total. The maximum absolute atomic E-state index is 12.8. The van der Waals surface area contributed by atoms with E-state index in [-0.39, 0.29) is 11.3 Å². The van der Waals surface area contributed by atoms with E-state index >= 15 is 0 Å². The van der Waals surface area contributed by atoms with Gasteiger partial charge in [-0.25, -0.2) is 4.90 Å². The van der Waals surface area contributed by atoms with E-state index in [4.69, 9.17) is 4.74 Å². The predicted molar refractivity (Wildman–Crippen MR) is 102 cm³/mol. The number of carbonyl (C=O) groups is 2. The van der Waals surface area contributed by atoms with Gasteiger partial charge in [0.05, 0.1) is 17.9 Å². The van der Waals surface area contributed by atoms with Gasteiger partial charge in [0.1, 0.15) is 11.5 Å².